The van der Waals surface area contributed by atoms with Crippen LogP contribution in [0, 0.1) is 0 Å². The van der Waals surface area contributed by atoms with E-state index in [0.717, 1.165) is 24.2 Å². The van der Waals surface area contributed by atoms with E-state index in [9.17, 15) is 0 Å². The third kappa shape index (κ3) is 4.29. The summed E-state index contributed by atoms with van der Waals surface area (Å²) in [6.07, 6.45) is 10.1. The summed E-state index contributed by atoms with van der Waals surface area (Å²) in [4.78, 5) is 0. The van der Waals surface area contributed by atoms with Crippen molar-refractivity contribution in [3.05, 3.63) is 47.8 Å². The molecule has 0 amide bonds. The molecule has 2 aromatic rings. The monoisotopic (exact) mass is 326 g/mol. The fourth-order valence-corrected chi connectivity index (χ4v) is 3.22. The molecule has 1 heterocycles. The van der Waals surface area contributed by atoms with Gasteiger partial charge in [0.15, 0.2) is 5.82 Å². The number of ether oxygens (including phenoxy) is 1. The van der Waals surface area contributed by atoms with Crippen molar-refractivity contribution in [1.29, 1.82) is 0 Å². The van der Waals surface area contributed by atoms with Crippen molar-refractivity contribution in [2.24, 2.45) is 0 Å². The molecule has 1 atom stereocenters. The van der Waals surface area contributed by atoms with Crippen LogP contribution in [0.1, 0.15) is 69.5 Å². The lowest BCUT2D eigenvalue weighted by Gasteiger charge is -2.24. The smallest absolute Gasteiger partial charge is 0.184 e. The van der Waals surface area contributed by atoms with Crippen molar-refractivity contribution in [3.8, 4) is 0 Å². The van der Waals surface area contributed by atoms with Crippen LogP contribution in [0.5, 0.6) is 0 Å². The highest BCUT2D eigenvalue weighted by Crippen LogP contribution is 2.30. The van der Waals surface area contributed by atoms with Crippen LogP contribution in [-0.2, 0) is 4.74 Å². The number of hydrogen-bond acceptors (Lipinski definition) is 4. The molecule has 0 spiro atoms. The first-order chi connectivity index (χ1) is 11.7. The van der Waals surface area contributed by atoms with Gasteiger partial charge in [-0.05, 0) is 48.8 Å². The van der Waals surface area contributed by atoms with Crippen LogP contribution in [0.15, 0.2) is 36.4 Å². The Morgan fingerprint density at radius 2 is 1.88 bits per heavy atom. The van der Waals surface area contributed by atoms with E-state index in [1.807, 2.05) is 36.7 Å². The Bertz CT molecular complexity index is 644. The average Bonchev–Trinajstić information content (AvgIpc) is 3.09. The molecule has 1 aromatic heterocycles. The number of rotatable bonds is 6. The van der Waals surface area contributed by atoms with E-state index < -0.39 is 0 Å². The standard InChI is InChI=1S/C19H26N4O/c1-15(2)24-18(14-13-16-9-5-3-6-10-16)19-20-21-22-23(19)17-11-7-4-8-12-17/h3,5-6,9-10,13-15,17-18H,4,7-8,11-12H2,1-2H3/b14-13+. The fraction of sp³-hybridized carbons (Fsp3) is 0.526. The third-order valence-corrected chi connectivity index (χ3v) is 4.38. The summed E-state index contributed by atoms with van der Waals surface area (Å²) in [6.45, 7) is 4.08. The zero-order valence-corrected chi connectivity index (χ0v) is 14.5. The van der Waals surface area contributed by atoms with Gasteiger partial charge < -0.3 is 4.74 Å². The summed E-state index contributed by atoms with van der Waals surface area (Å²) >= 11 is 0. The topological polar surface area (TPSA) is 52.8 Å². The number of tetrazole rings is 1. The van der Waals surface area contributed by atoms with Gasteiger partial charge in [-0.15, -0.1) is 5.10 Å². The van der Waals surface area contributed by atoms with Crippen molar-refractivity contribution in [1.82, 2.24) is 20.2 Å². The van der Waals surface area contributed by atoms with Crippen LogP contribution in [0.2, 0.25) is 0 Å². The molecule has 128 valence electrons. The molecule has 0 saturated heterocycles. The maximum absolute atomic E-state index is 6.10. The van der Waals surface area contributed by atoms with Crippen molar-refractivity contribution in [3.63, 3.8) is 0 Å². The number of aromatic nitrogens is 4. The van der Waals surface area contributed by atoms with Gasteiger partial charge >= 0.3 is 0 Å². The molecule has 0 bridgehead atoms. The van der Waals surface area contributed by atoms with Crippen LogP contribution >= 0.6 is 0 Å². The molecule has 1 saturated carbocycles. The lowest BCUT2D eigenvalue weighted by molar-refractivity contribution is 0.0263. The Balaban J connectivity index is 1.83. The second-order valence-corrected chi connectivity index (χ2v) is 6.65. The molecule has 1 aromatic carbocycles. The summed E-state index contributed by atoms with van der Waals surface area (Å²) in [7, 11) is 0. The van der Waals surface area contributed by atoms with E-state index in [0.29, 0.717) is 6.04 Å². The Morgan fingerprint density at radius 3 is 2.58 bits per heavy atom. The average molecular weight is 326 g/mol. The summed E-state index contributed by atoms with van der Waals surface area (Å²) in [5, 5.41) is 12.5. The predicted octanol–water partition coefficient (Wildman–Crippen LogP) is 4.36. The minimum absolute atomic E-state index is 0.104. The second-order valence-electron chi connectivity index (χ2n) is 6.65. The first kappa shape index (κ1) is 16.8. The normalized spacial score (nSPS) is 17.6. The van der Waals surface area contributed by atoms with E-state index in [1.54, 1.807) is 0 Å². The fourth-order valence-electron chi connectivity index (χ4n) is 3.22. The molecule has 5 nitrogen and oxygen atoms in total. The molecule has 1 aliphatic rings. The maximum Gasteiger partial charge on any atom is 0.184 e. The molecule has 24 heavy (non-hydrogen) atoms. The molecule has 0 radical (unpaired) electrons. The minimum atomic E-state index is -0.234. The van der Waals surface area contributed by atoms with Crippen molar-refractivity contribution in [2.75, 3.05) is 0 Å². The number of nitrogens with zero attached hydrogens (tertiary/aromatic N) is 4. The van der Waals surface area contributed by atoms with Gasteiger partial charge in [-0.2, -0.15) is 0 Å². The van der Waals surface area contributed by atoms with Crippen LogP contribution in [0.4, 0.5) is 0 Å². The lowest BCUT2D eigenvalue weighted by atomic mass is 9.95. The highest BCUT2D eigenvalue weighted by Gasteiger charge is 2.25. The highest BCUT2D eigenvalue weighted by atomic mass is 16.5. The first-order valence-corrected chi connectivity index (χ1v) is 8.90. The second kappa shape index (κ2) is 8.20. The van der Waals surface area contributed by atoms with Gasteiger partial charge in [0.25, 0.3) is 0 Å². The molecule has 1 unspecified atom stereocenters. The predicted molar refractivity (Wildman–Crippen MR) is 94.4 cm³/mol. The molecule has 1 fully saturated rings. The van der Waals surface area contributed by atoms with Gasteiger partial charge in [0, 0.05) is 0 Å². The molecule has 5 heteroatoms. The molecule has 0 aliphatic heterocycles. The molecule has 3 rings (SSSR count). The van der Waals surface area contributed by atoms with E-state index in [-0.39, 0.29) is 12.2 Å². The number of hydrogen-bond donors (Lipinski definition) is 0. The Morgan fingerprint density at radius 1 is 1.12 bits per heavy atom. The summed E-state index contributed by atoms with van der Waals surface area (Å²) in [5.41, 5.74) is 1.14. The van der Waals surface area contributed by atoms with Gasteiger partial charge in [0.2, 0.25) is 0 Å². The van der Waals surface area contributed by atoms with E-state index in [2.05, 4.69) is 39.8 Å². The summed E-state index contributed by atoms with van der Waals surface area (Å²) in [6, 6.07) is 10.6. The summed E-state index contributed by atoms with van der Waals surface area (Å²) < 4.78 is 8.09. The van der Waals surface area contributed by atoms with Crippen LogP contribution in [0.3, 0.4) is 0 Å². The molecular weight excluding hydrogens is 300 g/mol. The van der Waals surface area contributed by atoms with Crippen molar-refractivity contribution in [2.45, 2.75) is 64.2 Å². The van der Waals surface area contributed by atoms with Gasteiger partial charge in [-0.3, -0.25) is 0 Å². The summed E-state index contributed by atoms with van der Waals surface area (Å²) in [5.74, 6) is 0.808. The highest BCUT2D eigenvalue weighted by molar-refractivity contribution is 5.49. The molecular formula is C19H26N4O. The van der Waals surface area contributed by atoms with Crippen LogP contribution in [0.25, 0.3) is 6.08 Å². The van der Waals surface area contributed by atoms with Gasteiger partial charge in [0.05, 0.1) is 12.1 Å². The van der Waals surface area contributed by atoms with E-state index in [4.69, 9.17) is 4.74 Å². The largest absolute Gasteiger partial charge is 0.363 e. The zero-order valence-electron chi connectivity index (χ0n) is 14.5. The van der Waals surface area contributed by atoms with E-state index in [1.165, 1.54) is 19.3 Å². The number of benzene rings is 1. The lowest BCUT2D eigenvalue weighted by Crippen LogP contribution is -2.20. The van der Waals surface area contributed by atoms with Gasteiger partial charge in [-0.25, -0.2) is 4.68 Å². The van der Waals surface area contributed by atoms with Crippen LogP contribution < -0.4 is 0 Å². The molecule has 0 N–H and O–H groups in total. The first-order valence-electron chi connectivity index (χ1n) is 8.90. The van der Waals surface area contributed by atoms with Gasteiger partial charge in [0.1, 0.15) is 6.10 Å². The quantitative estimate of drug-likeness (QED) is 0.791. The third-order valence-electron chi connectivity index (χ3n) is 4.38. The zero-order chi connectivity index (χ0) is 16.8. The minimum Gasteiger partial charge on any atom is -0.363 e. The molecule has 1 aliphatic carbocycles. The van der Waals surface area contributed by atoms with Crippen molar-refractivity contribution >= 4 is 6.08 Å². The van der Waals surface area contributed by atoms with Crippen molar-refractivity contribution < 1.29 is 4.74 Å². The van der Waals surface area contributed by atoms with Gasteiger partial charge in [-0.1, -0.05) is 55.7 Å². The maximum atomic E-state index is 6.10. The Labute approximate surface area is 143 Å². The Kier molecular flexibility index (Phi) is 5.75. The SMILES string of the molecule is CC(C)OC(/C=C/c1ccccc1)c1nnnn1C1CCCCC1. The van der Waals surface area contributed by atoms with Crippen LogP contribution in [-0.4, -0.2) is 26.3 Å². The Hall–Kier alpha value is -2.01. The van der Waals surface area contributed by atoms with E-state index >= 15 is 0 Å².